The van der Waals surface area contributed by atoms with Crippen molar-refractivity contribution in [2.75, 3.05) is 6.54 Å². The molecule has 0 bridgehead atoms. The van der Waals surface area contributed by atoms with Crippen LogP contribution in [0.4, 0.5) is 22.0 Å². The summed E-state index contributed by atoms with van der Waals surface area (Å²) in [6.45, 7) is -0.0858. The predicted molar refractivity (Wildman–Crippen MR) is 62.1 cm³/mol. The molecular formula is C11H12F5NOS. The highest BCUT2D eigenvalue weighted by atomic mass is 32.2. The number of hydrogen-bond acceptors (Lipinski definition) is 3. The molecule has 0 spiro atoms. The molecule has 0 aliphatic rings. The van der Waals surface area contributed by atoms with E-state index in [9.17, 15) is 22.0 Å². The van der Waals surface area contributed by atoms with E-state index in [1.807, 2.05) is 0 Å². The second-order valence-electron chi connectivity index (χ2n) is 3.72. The Hall–Kier alpha value is -0.860. The number of thioether (sulfide) groups is 1. The summed E-state index contributed by atoms with van der Waals surface area (Å²) in [5.41, 5.74) is -3.69. The van der Waals surface area contributed by atoms with Gasteiger partial charge < -0.3 is 10.4 Å². The molecule has 0 radical (unpaired) electrons. The molecule has 1 aromatic rings. The summed E-state index contributed by atoms with van der Waals surface area (Å²) in [6.07, 6.45) is -4.57. The minimum Gasteiger partial charge on any atom is -0.386 e. The lowest BCUT2D eigenvalue weighted by Gasteiger charge is -2.11. The molecule has 0 heterocycles. The molecule has 108 valence electrons. The number of rotatable bonds is 6. The monoisotopic (exact) mass is 301 g/mol. The zero-order chi connectivity index (χ0) is 14.5. The summed E-state index contributed by atoms with van der Waals surface area (Å²) >= 11 is -0.217. The van der Waals surface area contributed by atoms with Crippen molar-refractivity contribution < 1.29 is 27.1 Å². The van der Waals surface area contributed by atoms with E-state index in [1.165, 1.54) is 24.3 Å². The van der Waals surface area contributed by atoms with Crippen molar-refractivity contribution in [2.45, 2.75) is 29.5 Å². The molecule has 0 saturated carbocycles. The van der Waals surface area contributed by atoms with Crippen LogP contribution in [-0.4, -0.2) is 29.7 Å². The van der Waals surface area contributed by atoms with E-state index in [0.29, 0.717) is 5.56 Å². The number of halogens is 5. The molecular weight excluding hydrogens is 289 g/mol. The Labute approximate surface area is 111 Å². The van der Waals surface area contributed by atoms with Crippen molar-refractivity contribution in [3.8, 4) is 0 Å². The molecule has 0 saturated heterocycles. The van der Waals surface area contributed by atoms with Crippen molar-refractivity contribution >= 4 is 11.8 Å². The molecule has 1 atom stereocenters. The number of hydrogen-bond donors (Lipinski definition) is 2. The topological polar surface area (TPSA) is 32.3 Å². The van der Waals surface area contributed by atoms with Crippen LogP contribution in [0, 0.1) is 0 Å². The van der Waals surface area contributed by atoms with E-state index in [-0.39, 0.29) is 29.7 Å². The van der Waals surface area contributed by atoms with Gasteiger partial charge in [-0.15, -0.1) is 0 Å². The van der Waals surface area contributed by atoms with Gasteiger partial charge in [0.05, 0.1) is 0 Å². The normalized spacial score (nSPS) is 13.8. The van der Waals surface area contributed by atoms with Gasteiger partial charge >= 0.3 is 5.51 Å². The van der Waals surface area contributed by atoms with Crippen molar-refractivity contribution in [1.29, 1.82) is 0 Å². The Morgan fingerprint density at radius 1 is 1.16 bits per heavy atom. The Morgan fingerprint density at radius 3 is 2.21 bits per heavy atom. The van der Waals surface area contributed by atoms with Gasteiger partial charge in [0.1, 0.15) is 6.10 Å². The van der Waals surface area contributed by atoms with Gasteiger partial charge in [-0.25, -0.2) is 8.78 Å². The van der Waals surface area contributed by atoms with Crippen LogP contribution in [0.25, 0.3) is 0 Å². The van der Waals surface area contributed by atoms with Crippen LogP contribution in [0.5, 0.6) is 0 Å². The number of aliphatic hydroxyl groups is 1. The van der Waals surface area contributed by atoms with E-state index in [4.69, 9.17) is 5.11 Å². The smallest absolute Gasteiger partial charge is 0.386 e. The Kier molecular flexibility index (Phi) is 6.02. The van der Waals surface area contributed by atoms with Gasteiger partial charge in [0, 0.05) is 18.0 Å². The first-order chi connectivity index (χ1) is 8.78. The third-order valence-corrected chi connectivity index (χ3v) is 2.87. The number of nitrogens with one attached hydrogen (secondary N) is 1. The highest BCUT2D eigenvalue weighted by Crippen LogP contribution is 2.36. The first kappa shape index (κ1) is 16.2. The molecule has 0 amide bonds. The van der Waals surface area contributed by atoms with Crippen molar-refractivity contribution in [2.24, 2.45) is 0 Å². The summed E-state index contributed by atoms with van der Waals surface area (Å²) < 4.78 is 60.1. The second-order valence-corrected chi connectivity index (χ2v) is 4.86. The molecule has 0 aliphatic carbocycles. The van der Waals surface area contributed by atoms with Crippen molar-refractivity contribution in [3.63, 3.8) is 0 Å². The van der Waals surface area contributed by atoms with Gasteiger partial charge in [0.25, 0.3) is 6.43 Å². The van der Waals surface area contributed by atoms with Gasteiger partial charge in [0.15, 0.2) is 0 Å². The van der Waals surface area contributed by atoms with Crippen LogP contribution in [0.15, 0.2) is 29.2 Å². The second kappa shape index (κ2) is 7.06. The zero-order valence-electron chi connectivity index (χ0n) is 9.62. The van der Waals surface area contributed by atoms with Gasteiger partial charge in [-0.2, -0.15) is 13.2 Å². The molecule has 1 unspecified atom stereocenters. The predicted octanol–water partition coefficient (Wildman–Crippen LogP) is 3.01. The number of aliphatic hydroxyl groups excluding tert-OH is 1. The molecule has 19 heavy (non-hydrogen) atoms. The Balaban J connectivity index is 2.40. The molecule has 0 fully saturated rings. The number of benzene rings is 1. The SMILES string of the molecule is OC(CNCc1ccc(SC(F)(F)F)cc1)C(F)F. The maximum Gasteiger partial charge on any atom is 0.446 e. The summed E-state index contributed by atoms with van der Waals surface area (Å²) in [5, 5.41) is 11.4. The largest absolute Gasteiger partial charge is 0.446 e. The van der Waals surface area contributed by atoms with E-state index >= 15 is 0 Å². The lowest BCUT2D eigenvalue weighted by atomic mass is 10.2. The molecule has 2 N–H and O–H groups in total. The highest BCUT2D eigenvalue weighted by molar-refractivity contribution is 8.00. The van der Waals surface area contributed by atoms with E-state index < -0.39 is 18.0 Å². The minimum absolute atomic E-state index is 0.0591. The first-order valence-corrected chi connectivity index (χ1v) is 6.11. The molecule has 1 rings (SSSR count). The summed E-state index contributed by atoms with van der Waals surface area (Å²) in [7, 11) is 0. The van der Waals surface area contributed by atoms with Gasteiger partial charge in [-0.1, -0.05) is 12.1 Å². The standard InChI is InChI=1S/C11H12F5NOS/c12-10(13)9(18)6-17-5-7-1-3-8(4-2-7)19-11(14,15)16/h1-4,9-10,17-18H,5-6H2. The van der Waals surface area contributed by atoms with Crippen molar-refractivity contribution in [3.05, 3.63) is 29.8 Å². The lowest BCUT2D eigenvalue weighted by Crippen LogP contribution is -2.31. The van der Waals surface area contributed by atoms with Crippen LogP contribution in [0.2, 0.25) is 0 Å². The maximum absolute atomic E-state index is 12.1. The van der Waals surface area contributed by atoms with Crippen LogP contribution < -0.4 is 5.32 Å². The fraction of sp³-hybridized carbons (Fsp3) is 0.455. The summed E-state index contributed by atoms with van der Waals surface area (Å²) in [6, 6.07) is 5.54. The Bertz CT molecular complexity index is 382. The van der Waals surface area contributed by atoms with E-state index in [2.05, 4.69) is 5.32 Å². The van der Waals surface area contributed by atoms with Crippen molar-refractivity contribution in [1.82, 2.24) is 5.32 Å². The summed E-state index contributed by atoms with van der Waals surface area (Å²) in [4.78, 5) is 0.0591. The molecule has 0 aliphatic heterocycles. The van der Waals surface area contributed by atoms with E-state index in [0.717, 1.165) is 0 Å². The molecule has 1 aromatic carbocycles. The average Bonchev–Trinajstić information content (AvgIpc) is 2.29. The molecule has 2 nitrogen and oxygen atoms in total. The highest BCUT2D eigenvalue weighted by Gasteiger charge is 2.28. The Morgan fingerprint density at radius 2 is 1.74 bits per heavy atom. The van der Waals surface area contributed by atoms with Crippen LogP contribution in [0.3, 0.4) is 0 Å². The molecule has 8 heteroatoms. The number of alkyl halides is 5. The fourth-order valence-electron chi connectivity index (χ4n) is 1.26. The third-order valence-electron chi connectivity index (χ3n) is 2.13. The van der Waals surface area contributed by atoms with Crippen LogP contribution >= 0.6 is 11.8 Å². The van der Waals surface area contributed by atoms with Gasteiger partial charge in [-0.05, 0) is 29.5 Å². The first-order valence-electron chi connectivity index (χ1n) is 5.29. The van der Waals surface area contributed by atoms with Gasteiger partial charge in [-0.3, -0.25) is 0 Å². The van der Waals surface area contributed by atoms with E-state index in [1.54, 1.807) is 0 Å². The minimum atomic E-state index is -4.33. The summed E-state index contributed by atoms with van der Waals surface area (Å²) in [5.74, 6) is 0. The third kappa shape index (κ3) is 6.74. The average molecular weight is 301 g/mol. The van der Waals surface area contributed by atoms with Crippen LogP contribution in [0.1, 0.15) is 5.56 Å². The van der Waals surface area contributed by atoms with Gasteiger partial charge in [0.2, 0.25) is 0 Å². The fourth-order valence-corrected chi connectivity index (χ4v) is 1.80. The quantitative estimate of drug-likeness (QED) is 0.626. The zero-order valence-corrected chi connectivity index (χ0v) is 10.4. The lowest BCUT2D eigenvalue weighted by molar-refractivity contribution is -0.0328. The molecule has 0 aromatic heterocycles. The van der Waals surface area contributed by atoms with Crippen LogP contribution in [-0.2, 0) is 6.54 Å². The maximum atomic E-state index is 12.1.